The van der Waals surface area contributed by atoms with Gasteiger partial charge in [0.25, 0.3) is 11.1 Å². The Balaban J connectivity index is 2.14. The molecule has 0 unspecified atom stereocenters. The zero-order chi connectivity index (χ0) is 17.4. The van der Waals surface area contributed by atoms with Crippen LogP contribution in [0, 0.1) is 6.92 Å². The van der Waals surface area contributed by atoms with E-state index < -0.39 is 0 Å². The first-order chi connectivity index (χ1) is 11.5. The molecule has 4 nitrogen and oxygen atoms in total. The van der Waals surface area contributed by atoms with E-state index in [-0.39, 0.29) is 17.2 Å². The molecule has 5 heteroatoms. The number of hydrogen-bond acceptors (Lipinski definition) is 3. The fourth-order valence-corrected chi connectivity index (χ4v) is 4.00. The third-order valence-electron chi connectivity index (χ3n) is 4.21. The average molecular weight is 340 g/mol. The highest BCUT2D eigenvalue weighted by atomic mass is 32.2. The lowest BCUT2D eigenvalue weighted by molar-refractivity contribution is -0.123. The molecule has 2 aromatic rings. The summed E-state index contributed by atoms with van der Waals surface area (Å²) < 4.78 is 2.17. The smallest absolute Gasteiger partial charge is 0.293 e. The van der Waals surface area contributed by atoms with Gasteiger partial charge in [0.2, 0.25) is 0 Å². The van der Waals surface area contributed by atoms with Gasteiger partial charge in [0.1, 0.15) is 0 Å². The van der Waals surface area contributed by atoms with E-state index in [1.165, 1.54) is 4.90 Å². The van der Waals surface area contributed by atoms with Crippen LogP contribution in [0.3, 0.4) is 0 Å². The van der Waals surface area contributed by atoms with E-state index in [1.54, 1.807) is 0 Å². The van der Waals surface area contributed by atoms with Crippen molar-refractivity contribution < 1.29 is 9.59 Å². The van der Waals surface area contributed by atoms with Crippen LogP contribution in [-0.2, 0) is 11.3 Å². The standard InChI is InChI=1S/C19H20N2O2S/c1-5-10-20-13(4)15(14-8-6-7-9-16(14)20)11-17-18(22)21(12(2)3)19(23)24-17/h5-9,11-12H,1,10H2,2-4H3/b17-11+. The number of rotatable bonds is 4. The number of aromatic nitrogens is 1. The van der Waals surface area contributed by atoms with Gasteiger partial charge in [0, 0.05) is 34.7 Å². The lowest BCUT2D eigenvalue weighted by Gasteiger charge is -2.16. The molecule has 0 atom stereocenters. The molecule has 1 aromatic carbocycles. The predicted octanol–water partition coefficient (Wildman–Crippen LogP) is 4.58. The van der Waals surface area contributed by atoms with Crippen LogP contribution in [0.5, 0.6) is 0 Å². The molecule has 1 aliphatic heterocycles. The minimum Gasteiger partial charge on any atom is -0.340 e. The maximum absolute atomic E-state index is 12.5. The van der Waals surface area contributed by atoms with Gasteiger partial charge in [-0.2, -0.15) is 0 Å². The fraction of sp³-hybridized carbons (Fsp3) is 0.263. The minimum atomic E-state index is -0.208. The van der Waals surface area contributed by atoms with Crippen LogP contribution < -0.4 is 0 Å². The lowest BCUT2D eigenvalue weighted by atomic mass is 10.1. The third kappa shape index (κ3) is 2.59. The Bertz CT molecular complexity index is 877. The van der Waals surface area contributed by atoms with Crippen LogP contribution in [0.4, 0.5) is 4.79 Å². The summed E-state index contributed by atoms with van der Waals surface area (Å²) >= 11 is 1.01. The molecule has 0 N–H and O–H groups in total. The van der Waals surface area contributed by atoms with Crippen LogP contribution in [-0.4, -0.2) is 26.7 Å². The summed E-state index contributed by atoms with van der Waals surface area (Å²) in [6.07, 6.45) is 3.71. The van der Waals surface area contributed by atoms with E-state index in [9.17, 15) is 9.59 Å². The maximum Gasteiger partial charge on any atom is 0.293 e. The van der Waals surface area contributed by atoms with Crippen LogP contribution in [0.25, 0.3) is 17.0 Å². The number of para-hydroxylation sites is 1. The molecule has 0 bridgehead atoms. The SMILES string of the molecule is C=CCn1c(C)c(/C=C2/SC(=O)N(C(C)C)C2=O)c2ccccc21. The molecule has 124 valence electrons. The summed E-state index contributed by atoms with van der Waals surface area (Å²) in [4.78, 5) is 26.4. The number of benzene rings is 1. The van der Waals surface area contributed by atoms with Gasteiger partial charge in [-0.3, -0.25) is 14.5 Å². The number of hydrogen-bond donors (Lipinski definition) is 0. The summed E-state index contributed by atoms with van der Waals surface area (Å²) in [6, 6.07) is 7.95. The van der Waals surface area contributed by atoms with Crippen LogP contribution in [0.15, 0.2) is 41.8 Å². The molecule has 1 fully saturated rings. The molecule has 3 rings (SSSR count). The van der Waals surface area contributed by atoms with Crippen molar-refractivity contribution in [2.24, 2.45) is 0 Å². The Kier molecular flexibility index (Phi) is 4.37. The number of fused-ring (bicyclic) bond motifs is 1. The van der Waals surface area contributed by atoms with Gasteiger partial charge in [-0.05, 0) is 44.7 Å². The van der Waals surface area contributed by atoms with E-state index in [4.69, 9.17) is 0 Å². The van der Waals surface area contributed by atoms with Gasteiger partial charge in [0.15, 0.2) is 0 Å². The van der Waals surface area contributed by atoms with Gasteiger partial charge in [-0.15, -0.1) is 6.58 Å². The molecule has 2 amide bonds. The number of thioether (sulfide) groups is 1. The van der Waals surface area contributed by atoms with E-state index >= 15 is 0 Å². The highest BCUT2D eigenvalue weighted by Gasteiger charge is 2.36. The Morgan fingerprint density at radius 3 is 2.58 bits per heavy atom. The Hall–Kier alpha value is -2.27. The number of allylic oxidation sites excluding steroid dienone is 1. The highest BCUT2D eigenvalue weighted by Crippen LogP contribution is 2.36. The van der Waals surface area contributed by atoms with E-state index in [0.717, 1.165) is 33.9 Å². The number of imide groups is 1. The molecule has 0 radical (unpaired) electrons. The van der Waals surface area contributed by atoms with E-state index in [2.05, 4.69) is 17.2 Å². The number of carbonyl (C=O) groups excluding carboxylic acids is 2. The zero-order valence-electron chi connectivity index (χ0n) is 14.1. The summed E-state index contributed by atoms with van der Waals surface area (Å²) in [7, 11) is 0. The Morgan fingerprint density at radius 2 is 1.96 bits per heavy atom. The van der Waals surface area contributed by atoms with Gasteiger partial charge in [-0.1, -0.05) is 24.3 Å². The number of amides is 2. The van der Waals surface area contributed by atoms with Crippen molar-refractivity contribution in [3.63, 3.8) is 0 Å². The average Bonchev–Trinajstić information content (AvgIpc) is 2.97. The molecule has 2 heterocycles. The topological polar surface area (TPSA) is 42.3 Å². The summed E-state index contributed by atoms with van der Waals surface area (Å²) in [5.41, 5.74) is 3.15. The van der Waals surface area contributed by atoms with Crippen molar-refractivity contribution in [1.82, 2.24) is 9.47 Å². The summed E-state index contributed by atoms with van der Waals surface area (Å²) in [5.74, 6) is -0.208. The summed E-state index contributed by atoms with van der Waals surface area (Å²) in [5, 5.41) is 0.877. The van der Waals surface area contributed by atoms with Crippen LogP contribution >= 0.6 is 11.8 Å². The molecular weight excluding hydrogens is 320 g/mol. The first-order valence-corrected chi connectivity index (χ1v) is 8.73. The Morgan fingerprint density at radius 1 is 1.25 bits per heavy atom. The normalized spacial score (nSPS) is 16.8. The first kappa shape index (κ1) is 16.6. The molecule has 0 spiro atoms. The maximum atomic E-state index is 12.5. The third-order valence-corrected chi connectivity index (χ3v) is 5.09. The van der Waals surface area contributed by atoms with Crippen molar-refractivity contribution in [2.45, 2.75) is 33.4 Å². The summed E-state index contributed by atoms with van der Waals surface area (Å²) in [6.45, 7) is 10.2. The second kappa shape index (κ2) is 6.32. The van der Waals surface area contributed by atoms with Gasteiger partial charge >= 0.3 is 0 Å². The zero-order valence-corrected chi connectivity index (χ0v) is 14.9. The van der Waals surface area contributed by atoms with Crippen molar-refractivity contribution in [3.05, 3.63) is 53.1 Å². The predicted molar refractivity (Wildman–Crippen MR) is 99.8 cm³/mol. The molecule has 1 aromatic heterocycles. The second-order valence-electron chi connectivity index (χ2n) is 6.06. The molecule has 24 heavy (non-hydrogen) atoms. The van der Waals surface area contributed by atoms with Crippen molar-refractivity contribution in [1.29, 1.82) is 0 Å². The number of carbonyl (C=O) groups is 2. The molecule has 1 saturated heterocycles. The lowest BCUT2D eigenvalue weighted by Crippen LogP contribution is -2.34. The second-order valence-corrected chi connectivity index (χ2v) is 7.05. The molecular formula is C19H20N2O2S. The van der Waals surface area contributed by atoms with Gasteiger partial charge in [-0.25, -0.2) is 0 Å². The van der Waals surface area contributed by atoms with Crippen molar-refractivity contribution in [2.75, 3.05) is 0 Å². The molecule has 1 aliphatic rings. The fourth-order valence-electron chi connectivity index (χ4n) is 3.06. The quantitative estimate of drug-likeness (QED) is 0.604. The Labute approximate surface area is 145 Å². The number of nitrogens with zero attached hydrogens (tertiary/aromatic N) is 2. The van der Waals surface area contributed by atoms with E-state index in [1.807, 2.05) is 51.1 Å². The highest BCUT2D eigenvalue weighted by molar-refractivity contribution is 8.18. The van der Waals surface area contributed by atoms with Crippen LogP contribution in [0.2, 0.25) is 0 Å². The van der Waals surface area contributed by atoms with Crippen molar-refractivity contribution >= 4 is 39.9 Å². The largest absolute Gasteiger partial charge is 0.340 e. The van der Waals surface area contributed by atoms with Gasteiger partial charge in [0.05, 0.1) is 4.91 Å². The monoisotopic (exact) mass is 340 g/mol. The molecule has 0 aliphatic carbocycles. The minimum absolute atomic E-state index is 0.133. The molecule has 0 saturated carbocycles. The van der Waals surface area contributed by atoms with Crippen molar-refractivity contribution in [3.8, 4) is 0 Å². The first-order valence-electron chi connectivity index (χ1n) is 7.91. The van der Waals surface area contributed by atoms with E-state index in [0.29, 0.717) is 11.4 Å². The van der Waals surface area contributed by atoms with Crippen LogP contribution in [0.1, 0.15) is 25.1 Å². The van der Waals surface area contributed by atoms with Gasteiger partial charge < -0.3 is 4.57 Å².